The van der Waals surface area contributed by atoms with E-state index >= 15 is 0 Å². The maximum Gasteiger partial charge on any atom is 0.0457 e. The molecule has 0 N–H and O–H groups in total. The second-order valence-corrected chi connectivity index (χ2v) is 10.6. The molecule has 2 aromatic heterocycles. The standard InChI is InChI=1S/C10H14.2C9H13N.3CH4/c1-10(2,3)9-7-5-4-6-8-9;1-9(2,3)8-4-6-10-7-5-8;1-9(2,3)8-6-4-5-7-10-8;;;/h4-8H,1-3H3;2*4-7H,1-3H3;3*1H4. The average molecular weight is 453 g/mol. The number of aromatic nitrogens is 2. The summed E-state index contributed by atoms with van der Waals surface area (Å²) in [5.41, 5.74) is 4.61. The summed E-state index contributed by atoms with van der Waals surface area (Å²) in [5.74, 6) is 0. The van der Waals surface area contributed by atoms with Crippen LogP contribution in [0.3, 0.4) is 0 Å². The Balaban J connectivity index is -0.000000391. The fourth-order valence-corrected chi connectivity index (χ4v) is 2.60. The third-order valence-corrected chi connectivity index (χ3v) is 4.62. The molecule has 0 saturated carbocycles. The first kappa shape index (κ1) is 35.1. The lowest BCUT2D eigenvalue weighted by molar-refractivity contribution is 0.569. The second-order valence-electron chi connectivity index (χ2n) is 10.6. The lowest BCUT2D eigenvalue weighted by atomic mass is 9.87. The number of benzene rings is 1. The molecule has 0 amide bonds. The van der Waals surface area contributed by atoms with Crippen LogP contribution in [0.25, 0.3) is 0 Å². The van der Waals surface area contributed by atoms with Gasteiger partial charge in [-0.15, -0.1) is 0 Å². The SMILES string of the molecule is C.C.C.CC(C)(C)c1ccccc1.CC(C)(C)c1ccccn1.CC(C)(C)c1ccncc1. The molecule has 1 aromatic carbocycles. The van der Waals surface area contributed by atoms with E-state index in [9.17, 15) is 0 Å². The summed E-state index contributed by atoms with van der Waals surface area (Å²) in [6, 6.07) is 20.7. The van der Waals surface area contributed by atoms with Crippen molar-refractivity contribution in [1.82, 2.24) is 9.97 Å². The van der Waals surface area contributed by atoms with Crippen molar-refractivity contribution in [2.75, 3.05) is 0 Å². The zero-order chi connectivity index (χ0) is 22.8. The lowest BCUT2D eigenvalue weighted by Crippen LogP contribution is -2.12. The van der Waals surface area contributed by atoms with Crippen LogP contribution in [-0.2, 0) is 16.2 Å². The van der Waals surface area contributed by atoms with Crippen molar-refractivity contribution in [3.05, 3.63) is 96.1 Å². The summed E-state index contributed by atoms with van der Waals surface area (Å²) >= 11 is 0. The smallest absolute Gasteiger partial charge is 0.0457 e. The van der Waals surface area contributed by atoms with Crippen LogP contribution in [0.4, 0.5) is 0 Å². The fraction of sp³-hybridized carbons (Fsp3) is 0.484. The van der Waals surface area contributed by atoms with Gasteiger partial charge in [-0.25, -0.2) is 0 Å². The molecule has 2 nitrogen and oxygen atoms in total. The summed E-state index contributed by atoms with van der Waals surface area (Å²) in [6.45, 7) is 19.8. The maximum atomic E-state index is 4.25. The van der Waals surface area contributed by atoms with Gasteiger partial charge in [-0.3, -0.25) is 9.97 Å². The first-order chi connectivity index (χ1) is 13.8. The van der Waals surface area contributed by atoms with Gasteiger partial charge < -0.3 is 0 Å². The van der Waals surface area contributed by atoms with Crippen LogP contribution in [0.1, 0.15) is 101 Å². The largest absolute Gasteiger partial charge is 0.265 e. The van der Waals surface area contributed by atoms with Crippen LogP contribution in [-0.4, -0.2) is 9.97 Å². The quantitative estimate of drug-likeness (QED) is 0.339. The van der Waals surface area contributed by atoms with Gasteiger partial charge in [0, 0.05) is 29.7 Å². The highest BCUT2D eigenvalue weighted by molar-refractivity contribution is 5.22. The molecular weight excluding hydrogens is 400 g/mol. The topological polar surface area (TPSA) is 25.8 Å². The van der Waals surface area contributed by atoms with Crippen LogP contribution in [0.15, 0.2) is 79.3 Å². The minimum absolute atomic E-state index is 0. The third-order valence-electron chi connectivity index (χ3n) is 4.62. The minimum atomic E-state index is 0. The fourth-order valence-electron chi connectivity index (χ4n) is 2.60. The molecule has 0 spiro atoms. The van der Waals surface area contributed by atoms with Crippen molar-refractivity contribution in [3.8, 4) is 0 Å². The molecule has 2 heteroatoms. The van der Waals surface area contributed by atoms with Crippen LogP contribution in [0.5, 0.6) is 0 Å². The Bertz CT molecular complexity index is 702. The molecule has 0 aliphatic rings. The summed E-state index contributed by atoms with van der Waals surface area (Å²) in [4.78, 5) is 8.21. The van der Waals surface area contributed by atoms with Gasteiger partial charge in [0.1, 0.15) is 0 Å². The summed E-state index contributed by atoms with van der Waals surface area (Å²) < 4.78 is 0. The predicted molar refractivity (Wildman–Crippen MR) is 151 cm³/mol. The van der Waals surface area contributed by atoms with Crippen LogP contribution >= 0.6 is 0 Å². The monoisotopic (exact) mass is 452 g/mol. The van der Waals surface area contributed by atoms with Crippen molar-refractivity contribution in [3.63, 3.8) is 0 Å². The van der Waals surface area contributed by atoms with E-state index in [1.807, 2.05) is 30.7 Å². The van der Waals surface area contributed by atoms with E-state index < -0.39 is 0 Å². The van der Waals surface area contributed by atoms with Crippen LogP contribution < -0.4 is 0 Å². The van der Waals surface area contributed by atoms with E-state index in [2.05, 4.69) is 121 Å². The highest BCUT2D eigenvalue weighted by atomic mass is 14.7. The first-order valence-corrected chi connectivity index (χ1v) is 10.7. The van der Waals surface area contributed by atoms with Gasteiger partial charge in [-0.2, -0.15) is 0 Å². The van der Waals surface area contributed by atoms with Gasteiger partial charge in [0.25, 0.3) is 0 Å². The maximum absolute atomic E-state index is 4.25. The average Bonchev–Trinajstić information content (AvgIpc) is 2.69. The van der Waals surface area contributed by atoms with Gasteiger partial charge in [0.05, 0.1) is 0 Å². The van der Waals surface area contributed by atoms with Crippen molar-refractivity contribution >= 4 is 0 Å². The molecule has 3 aromatic rings. The zero-order valence-corrected chi connectivity index (χ0v) is 20.4. The molecule has 0 aliphatic carbocycles. The van der Waals surface area contributed by atoms with E-state index in [1.54, 1.807) is 0 Å². The Morgan fingerprint density at radius 2 is 0.879 bits per heavy atom. The van der Waals surface area contributed by atoms with Gasteiger partial charge in [0.15, 0.2) is 0 Å². The Kier molecular flexibility index (Phi) is 16.4. The number of pyridine rings is 2. The zero-order valence-electron chi connectivity index (χ0n) is 20.4. The number of hydrogen-bond acceptors (Lipinski definition) is 2. The Hall–Kier alpha value is -2.48. The van der Waals surface area contributed by atoms with Gasteiger partial charge in [-0.1, -0.05) is 121 Å². The van der Waals surface area contributed by atoms with Crippen LogP contribution in [0, 0.1) is 0 Å². The Labute approximate surface area is 206 Å². The number of nitrogens with zero attached hydrogens (tertiary/aromatic N) is 2. The van der Waals surface area contributed by atoms with E-state index in [-0.39, 0.29) is 33.1 Å². The predicted octanol–water partition coefficient (Wildman–Crippen LogP) is 9.65. The molecule has 0 atom stereocenters. The Morgan fingerprint density at radius 1 is 0.455 bits per heavy atom. The molecule has 33 heavy (non-hydrogen) atoms. The summed E-state index contributed by atoms with van der Waals surface area (Å²) in [6.07, 6.45) is 5.50. The molecule has 0 fully saturated rings. The molecule has 0 aliphatic heterocycles. The van der Waals surface area contributed by atoms with Crippen molar-refractivity contribution in [2.45, 2.75) is 101 Å². The lowest BCUT2D eigenvalue weighted by Gasteiger charge is -2.18. The first-order valence-electron chi connectivity index (χ1n) is 10.7. The highest BCUT2D eigenvalue weighted by Gasteiger charge is 2.13. The second kappa shape index (κ2) is 15.4. The summed E-state index contributed by atoms with van der Waals surface area (Å²) in [5, 5.41) is 0. The van der Waals surface area contributed by atoms with Gasteiger partial charge >= 0.3 is 0 Å². The van der Waals surface area contributed by atoms with Gasteiger partial charge in [0.2, 0.25) is 0 Å². The molecule has 0 radical (unpaired) electrons. The molecular formula is C31H52N2. The molecule has 2 heterocycles. The van der Waals surface area contributed by atoms with E-state index in [0.717, 1.165) is 5.69 Å². The minimum Gasteiger partial charge on any atom is -0.265 e. The van der Waals surface area contributed by atoms with Crippen molar-refractivity contribution in [2.24, 2.45) is 0 Å². The summed E-state index contributed by atoms with van der Waals surface area (Å²) in [7, 11) is 0. The van der Waals surface area contributed by atoms with Crippen molar-refractivity contribution < 1.29 is 0 Å². The van der Waals surface area contributed by atoms with E-state index in [0.29, 0.717) is 5.41 Å². The van der Waals surface area contributed by atoms with Crippen LogP contribution in [0.2, 0.25) is 0 Å². The molecule has 186 valence electrons. The Morgan fingerprint density at radius 3 is 1.15 bits per heavy atom. The van der Waals surface area contributed by atoms with E-state index in [4.69, 9.17) is 0 Å². The highest BCUT2D eigenvalue weighted by Crippen LogP contribution is 2.21. The third kappa shape index (κ3) is 14.3. The number of rotatable bonds is 0. The van der Waals surface area contributed by atoms with Gasteiger partial charge in [-0.05, 0) is 46.2 Å². The molecule has 0 saturated heterocycles. The number of hydrogen-bond donors (Lipinski definition) is 0. The molecule has 0 bridgehead atoms. The normalized spacial score (nSPS) is 10.5. The van der Waals surface area contributed by atoms with Crippen molar-refractivity contribution in [1.29, 1.82) is 0 Å². The molecule has 0 unspecified atom stereocenters. The molecule has 3 rings (SSSR count). The van der Waals surface area contributed by atoms with E-state index in [1.165, 1.54) is 11.1 Å².